The minimum Gasteiger partial charge on any atom is -0.313 e. The molecule has 0 amide bonds. The fraction of sp³-hybridized carbons (Fsp3) is 0.812. The molecule has 0 aromatic carbocycles. The van der Waals surface area contributed by atoms with Gasteiger partial charge in [0, 0.05) is 30.5 Å². The summed E-state index contributed by atoms with van der Waals surface area (Å²) < 4.78 is 2.05. The molecule has 1 aromatic rings. The lowest BCUT2D eigenvalue weighted by molar-refractivity contribution is 0.508. The molecule has 1 atom stereocenters. The Bertz CT molecular complexity index is 360. The van der Waals surface area contributed by atoms with Crippen LogP contribution in [0.5, 0.6) is 0 Å². The Morgan fingerprint density at radius 2 is 2.00 bits per heavy atom. The van der Waals surface area contributed by atoms with Crippen molar-refractivity contribution >= 4 is 11.8 Å². The maximum absolute atomic E-state index is 4.67. The standard InChI is InChI=1S/C16H31N3S/c1-6-8-17-16(12-20-11-13(2)3)10-15-7-9-19(18-15)14(4)5/h7,9,13-14,16-17H,6,8,10-12H2,1-5H3. The van der Waals surface area contributed by atoms with Crippen molar-refractivity contribution in [3.63, 3.8) is 0 Å². The number of thioether (sulfide) groups is 1. The van der Waals surface area contributed by atoms with E-state index in [4.69, 9.17) is 0 Å². The van der Waals surface area contributed by atoms with Gasteiger partial charge in [0.05, 0.1) is 5.69 Å². The van der Waals surface area contributed by atoms with Crippen molar-refractivity contribution in [3.8, 4) is 0 Å². The van der Waals surface area contributed by atoms with Crippen molar-refractivity contribution in [2.24, 2.45) is 5.92 Å². The van der Waals surface area contributed by atoms with Crippen LogP contribution in [0.3, 0.4) is 0 Å². The zero-order valence-electron chi connectivity index (χ0n) is 13.7. The van der Waals surface area contributed by atoms with E-state index >= 15 is 0 Å². The number of hydrogen-bond acceptors (Lipinski definition) is 3. The Labute approximate surface area is 128 Å². The van der Waals surface area contributed by atoms with Crippen molar-refractivity contribution < 1.29 is 0 Å². The molecule has 1 heterocycles. The molecule has 0 aliphatic heterocycles. The number of hydrogen-bond donors (Lipinski definition) is 1. The first-order valence-corrected chi connectivity index (χ1v) is 9.03. The lowest BCUT2D eigenvalue weighted by Gasteiger charge is -2.18. The first-order chi connectivity index (χ1) is 9.52. The summed E-state index contributed by atoms with van der Waals surface area (Å²) in [5.74, 6) is 3.18. The van der Waals surface area contributed by atoms with Gasteiger partial charge in [0.25, 0.3) is 0 Å². The summed E-state index contributed by atoms with van der Waals surface area (Å²) in [6, 6.07) is 3.14. The van der Waals surface area contributed by atoms with Gasteiger partial charge >= 0.3 is 0 Å². The molecule has 1 N–H and O–H groups in total. The van der Waals surface area contributed by atoms with Gasteiger partial charge in [-0.3, -0.25) is 4.68 Å². The summed E-state index contributed by atoms with van der Waals surface area (Å²) in [6.45, 7) is 12.2. The van der Waals surface area contributed by atoms with Gasteiger partial charge in [0.2, 0.25) is 0 Å². The van der Waals surface area contributed by atoms with Crippen LogP contribution in [0.2, 0.25) is 0 Å². The van der Waals surface area contributed by atoms with Crippen LogP contribution in [0.4, 0.5) is 0 Å². The maximum atomic E-state index is 4.67. The van der Waals surface area contributed by atoms with E-state index < -0.39 is 0 Å². The molecule has 20 heavy (non-hydrogen) atoms. The summed E-state index contributed by atoms with van der Waals surface area (Å²) in [7, 11) is 0. The Hall–Kier alpha value is -0.480. The van der Waals surface area contributed by atoms with Crippen molar-refractivity contribution in [1.29, 1.82) is 0 Å². The second-order valence-electron chi connectivity index (χ2n) is 6.17. The smallest absolute Gasteiger partial charge is 0.0640 e. The molecule has 0 saturated carbocycles. The monoisotopic (exact) mass is 297 g/mol. The molecule has 0 radical (unpaired) electrons. The van der Waals surface area contributed by atoms with Gasteiger partial charge in [-0.05, 0) is 44.6 Å². The Balaban J connectivity index is 2.49. The zero-order chi connectivity index (χ0) is 15.0. The quantitative estimate of drug-likeness (QED) is 0.713. The fourth-order valence-corrected chi connectivity index (χ4v) is 3.14. The number of aromatic nitrogens is 2. The molecule has 1 unspecified atom stereocenters. The first kappa shape index (κ1) is 17.6. The third-order valence-electron chi connectivity index (χ3n) is 3.10. The average molecular weight is 298 g/mol. The van der Waals surface area contributed by atoms with Crippen molar-refractivity contribution in [1.82, 2.24) is 15.1 Å². The number of rotatable bonds is 10. The topological polar surface area (TPSA) is 29.9 Å². The fourth-order valence-electron chi connectivity index (χ4n) is 2.01. The van der Waals surface area contributed by atoms with Crippen molar-refractivity contribution in [2.45, 2.75) is 59.5 Å². The van der Waals surface area contributed by atoms with Crippen molar-refractivity contribution in [2.75, 3.05) is 18.1 Å². The second kappa shape index (κ2) is 9.46. The van der Waals surface area contributed by atoms with Gasteiger partial charge < -0.3 is 5.32 Å². The van der Waals surface area contributed by atoms with Crippen LogP contribution in [-0.4, -0.2) is 33.9 Å². The predicted octanol–water partition coefficient (Wildman–Crippen LogP) is 3.76. The maximum Gasteiger partial charge on any atom is 0.0640 e. The van der Waals surface area contributed by atoms with Gasteiger partial charge in [-0.25, -0.2) is 0 Å². The third-order valence-corrected chi connectivity index (χ3v) is 4.64. The van der Waals surface area contributed by atoms with E-state index in [1.54, 1.807) is 0 Å². The van der Waals surface area contributed by atoms with E-state index in [0.29, 0.717) is 12.1 Å². The highest BCUT2D eigenvalue weighted by molar-refractivity contribution is 7.99. The summed E-state index contributed by atoms with van der Waals surface area (Å²) in [6.07, 6.45) is 4.31. The lowest BCUT2D eigenvalue weighted by atomic mass is 10.2. The Morgan fingerprint density at radius 1 is 1.25 bits per heavy atom. The first-order valence-electron chi connectivity index (χ1n) is 7.88. The minimum absolute atomic E-state index is 0.445. The van der Waals surface area contributed by atoms with Gasteiger partial charge in [-0.2, -0.15) is 16.9 Å². The van der Waals surface area contributed by atoms with Crippen LogP contribution in [-0.2, 0) is 6.42 Å². The largest absolute Gasteiger partial charge is 0.313 e. The number of nitrogens with zero attached hydrogens (tertiary/aromatic N) is 2. The Morgan fingerprint density at radius 3 is 2.55 bits per heavy atom. The van der Waals surface area contributed by atoms with Crippen LogP contribution in [0.1, 0.15) is 52.8 Å². The number of nitrogens with one attached hydrogen (secondary N) is 1. The van der Waals surface area contributed by atoms with Gasteiger partial charge in [-0.1, -0.05) is 20.8 Å². The normalized spacial score (nSPS) is 13.3. The van der Waals surface area contributed by atoms with E-state index in [0.717, 1.165) is 18.9 Å². The highest BCUT2D eigenvalue weighted by Crippen LogP contribution is 2.12. The molecule has 3 nitrogen and oxygen atoms in total. The summed E-state index contributed by atoms with van der Waals surface area (Å²) in [5.41, 5.74) is 1.21. The molecular weight excluding hydrogens is 266 g/mol. The molecule has 0 aliphatic carbocycles. The van der Waals surface area contributed by atoms with Crippen LogP contribution in [0.15, 0.2) is 12.3 Å². The van der Waals surface area contributed by atoms with E-state index in [-0.39, 0.29) is 0 Å². The highest BCUT2D eigenvalue weighted by atomic mass is 32.2. The van der Waals surface area contributed by atoms with E-state index in [1.165, 1.54) is 23.6 Å². The van der Waals surface area contributed by atoms with E-state index in [9.17, 15) is 0 Å². The molecular formula is C16H31N3S. The molecule has 0 fully saturated rings. The molecule has 116 valence electrons. The van der Waals surface area contributed by atoms with Crippen molar-refractivity contribution in [3.05, 3.63) is 18.0 Å². The molecule has 1 aromatic heterocycles. The molecule has 0 spiro atoms. The minimum atomic E-state index is 0.445. The van der Waals surface area contributed by atoms with E-state index in [1.807, 2.05) is 4.68 Å². The van der Waals surface area contributed by atoms with Gasteiger partial charge in [-0.15, -0.1) is 0 Å². The Kier molecular flexibility index (Phi) is 8.31. The van der Waals surface area contributed by atoms with Gasteiger partial charge in [0.1, 0.15) is 0 Å². The zero-order valence-corrected chi connectivity index (χ0v) is 14.5. The average Bonchev–Trinajstić information content (AvgIpc) is 2.84. The lowest BCUT2D eigenvalue weighted by Crippen LogP contribution is -2.34. The highest BCUT2D eigenvalue weighted by Gasteiger charge is 2.12. The van der Waals surface area contributed by atoms with Gasteiger partial charge in [0.15, 0.2) is 0 Å². The van der Waals surface area contributed by atoms with Crippen LogP contribution in [0.25, 0.3) is 0 Å². The molecule has 1 rings (SSSR count). The van der Waals surface area contributed by atoms with Crippen LogP contribution in [0, 0.1) is 5.92 Å². The SMILES string of the molecule is CCCNC(CSCC(C)C)Cc1ccn(C(C)C)n1. The second-order valence-corrected chi connectivity index (χ2v) is 7.24. The van der Waals surface area contributed by atoms with Crippen LogP contribution < -0.4 is 5.32 Å². The summed E-state index contributed by atoms with van der Waals surface area (Å²) >= 11 is 2.06. The molecule has 0 saturated heterocycles. The molecule has 4 heteroatoms. The summed E-state index contributed by atoms with van der Waals surface area (Å²) in [4.78, 5) is 0. The molecule has 0 aliphatic rings. The third kappa shape index (κ3) is 6.80. The molecule has 0 bridgehead atoms. The summed E-state index contributed by atoms with van der Waals surface area (Å²) in [5, 5.41) is 8.33. The van der Waals surface area contributed by atoms with Crippen LogP contribution >= 0.6 is 11.8 Å². The predicted molar refractivity (Wildman–Crippen MR) is 90.6 cm³/mol. The van der Waals surface area contributed by atoms with E-state index in [2.05, 4.69) is 69.1 Å².